The molecule has 1 fully saturated rings. The molecule has 166 valence electrons. The number of aromatic nitrogens is 2. The van der Waals surface area contributed by atoms with Crippen LogP contribution in [0.15, 0.2) is 60.9 Å². The molecule has 2 N–H and O–H groups in total. The topological polar surface area (TPSA) is 105 Å². The van der Waals surface area contributed by atoms with Gasteiger partial charge in [-0.2, -0.15) is 0 Å². The molecular weight excluding hydrogens is 435 g/mol. The Balaban J connectivity index is 1.50. The second kappa shape index (κ2) is 9.79. The summed E-state index contributed by atoms with van der Waals surface area (Å²) in [5.41, 5.74) is 1.29. The lowest BCUT2D eigenvalue weighted by Gasteiger charge is -2.35. The fourth-order valence-electron chi connectivity index (χ4n) is 3.26. The zero-order valence-corrected chi connectivity index (χ0v) is 17.8. The quantitative estimate of drug-likeness (QED) is 0.211. The lowest BCUT2D eigenvalue weighted by atomic mass is 10.2. The highest BCUT2D eigenvalue weighted by Crippen LogP contribution is 2.30. The fraction of sp³-hybridized carbons (Fsp3) is 0.238. The number of rotatable bonds is 7. The van der Waals surface area contributed by atoms with E-state index in [4.69, 9.17) is 4.74 Å². The van der Waals surface area contributed by atoms with Gasteiger partial charge >= 0.3 is 5.69 Å². The van der Waals surface area contributed by atoms with Crippen molar-refractivity contribution in [3.05, 3.63) is 76.6 Å². The van der Waals surface area contributed by atoms with Crippen LogP contribution in [0.1, 0.15) is 5.56 Å². The van der Waals surface area contributed by atoms with Crippen molar-refractivity contribution in [2.24, 2.45) is 0 Å². The number of pyridine rings is 2. The average molecular weight is 457 g/mol. The third-order valence-electron chi connectivity index (χ3n) is 4.91. The number of nitrogens with one attached hydrogen (secondary N) is 2. The molecule has 0 saturated carbocycles. The molecule has 32 heavy (non-hydrogen) atoms. The van der Waals surface area contributed by atoms with Crippen LogP contribution in [-0.2, 0) is 11.3 Å². The minimum absolute atomic E-state index is 0.104. The van der Waals surface area contributed by atoms with Crippen LogP contribution in [0.5, 0.6) is 0 Å². The van der Waals surface area contributed by atoms with Crippen LogP contribution >= 0.6 is 12.6 Å². The molecule has 1 saturated heterocycles. The molecule has 1 aliphatic heterocycles. The third kappa shape index (κ3) is 5.06. The van der Waals surface area contributed by atoms with E-state index >= 15 is 0 Å². The van der Waals surface area contributed by atoms with Gasteiger partial charge in [-0.25, -0.2) is 9.37 Å². The van der Waals surface area contributed by atoms with Crippen LogP contribution < -0.4 is 15.5 Å². The number of hydrogen-bond donors (Lipinski definition) is 3. The van der Waals surface area contributed by atoms with Crippen molar-refractivity contribution in [1.29, 1.82) is 0 Å². The highest BCUT2D eigenvalue weighted by atomic mass is 32.1. The Hall–Kier alpha value is -3.44. The highest BCUT2D eigenvalue weighted by Gasteiger charge is 2.30. The minimum atomic E-state index is -1.36. The first-order chi connectivity index (χ1) is 15.5. The number of thiol groups is 1. The van der Waals surface area contributed by atoms with E-state index in [1.165, 1.54) is 6.07 Å². The lowest BCUT2D eigenvalue weighted by molar-refractivity contribution is -0.384. The maximum absolute atomic E-state index is 14.4. The van der Waals surface area contributed by atoms with Gasteiger partial charge in [-0.3, -0.25) is 15.1 Å². The Kier molecular flexibility index (Phi) is 6.66. The van der Waals surface area contributed by atoms with Crippen molar-refractivity contribution in [3.8, 4) is 0 Å². The molecule has 0 spiro atoms. The summed E-state index contributed by atoms with van der Waals surface area (Å²) in [5.74, 6) is 0.590. The van der Waals surface area contributed by atoms with Gasteiger partial charge in [0.1, 0.15) is 11.3 Å². The fourth-order valence-corrected chi connectivity index (χ4v) is 3.52. The number of halogens is 1. The monoisotopic (exact) mass is 456 g/mol. The molecule has 0 bridgehead atoms. The summed E-state index contributed by atoms with van der Waals surface area (Å²) in [6.45, 7) is 1.28. The largest absolute Gasteiger partial charge is 0.366 e. The predicted molar refractivity (Wildman–Crippen MR) is 123 cm³/mol. The van der Waals surface area contributed by atoms with E-state index in [0.717, 1.165) is 5.56 Å². The van der Waals surface area contributed by atoms with Crippen molar-refractivity contribution >= 4 is 41.3 Å². The van der Waals surface area contributed by atoms with Gasteiger partial charge in [0.25, 0.3) is 0 Å². The van der Waals surface area contributed by atoms with Crippen LogP contribution in [0.2, 0.25) is 0 Å². The van der Waals surface area contributed by atoms with Gasteiger partial charge in [0.15, 0.2) is 0 Å². The second-order valence-electron chi connectivity index (χ2n) is 7.03. The summed E-state index contributed by atoms with van der Waals surface area (Å²) in [5, 5.41) is 17.6. The number of alkyl halides is 1. The van der Waals surface area contributed by atoms with Gasteiger partial charge in [-0.1, -0.05) is 0 Å². The molecular formula is C21H21FN6O3S. The summed E-state index contributed by atoms with van der Waals surface area (Å²) >= 11 is 4.10. The van der Waals surface area contributed by atoms with E-state index in [1.807, 2.05) is 12.1 Å². The molecule has 1 aromatic carbocycles. The van der Waals surface area contributed by atoms with Crippen molar-refractivity contribution in [3.63, 3.8) is 0 Å². The third-order valence-corrected chi connectivity index (χ3v) is 5.30. The summed E-state index contributed by atoms with van der Waals surface area (Å²) < 4.78 is 19.6. The van der Waals surface area contributed by atoms with Crippen LogP contribution in [-0.4, -0.2) is 39.8 Å². The van der Waals surface area contributed by atoms with Gasteiger partial charge in [-0.15, -0.1) is 12.6 Å². The van der Waals surface area contributed by atoms with Crippen molar-refractivity contribution in [2.75, 3.05) is 28.7 Å². The molecule has 0 radical (unpaired) electrons. The van der Waals surface area contributed by atoms with E-state index in [-0.39, 0.29) is 11.5 Å². The van der Waals surface area contributed by atoms with E-state index in [2.05, 4.69) is 33.2 Å². The zero-order chi connectivity index (χ0) is 22.5. The summed E-state index contributed by atoms with van der Waals surface area (Å²) in [4.78, 5) is 20.9. The van der Waals surface area contributed by atoms with Crippen LogP contribution in [0.3, 0.4) is 0 Å². The van der Waals surface area contributed by atoms with Crippen LogP contribution in [0, 0.1) is 10.1 Å². The Morgan fingerprint density at radius 1 is 1.19 bits per heavy atom. The van der Waals surface area contributed by atoms with Gasteiger partial charge in [0.2, 0.25) is 12.1 Å². The minimum Gasteiger partial charge on any atom is -0.366 e. The molecule has 11 heteroatoms. The predicted octanol–water partition coefficient (Wildman–Crippen LogP) is 4.13. The number of anilines is 4. The number of benzene rings is 1. The van der Waals surface area contributed by atoms with Crippen molar-refractivity contribution in [1.82, 2.24) is 9.97 Å². The molecule has 3 aromatic rings. The first-order valence-electron chi connectivity index (χ1n) is 9.87. The normalized spacial score (nSPS) is 18.2. The van der Waals surface area contributed by atoms with E-state index < -0.39 is 16.7 Å². The number of hydrogen-bond acceptors (Lipinski definition) is 9. The Morgan fingerprint density at radius 2 is 1.94 bits per heavy atom. The number of nitrogens with zero attached hydrogens (tertiary/aromatic N) is 4. The molecule has 3 heterocycles. The Morgan fingerprint density at radius 3 is 2.66 bits per heavy atom. The van der Waals surface area contributed by atoms with Gasteiger partial charge in [0.05, 0.1) is 11.5 Å². The SMILES string of the molecule is O=[N+]([O-])c1ccc(NCc2ccncc2)nc1Nc1ccc(N2CCOC(S)C2F)cc1. The van der Waals surface area contributed by atoms with Crippen LogP contribution in [0.25, 0.3) is 0 Å². The van der Waals surface area contributed by atoms with E-state index in [1.54, 1.807) is 47.6 Å². The van der Waals surface area contributed by atoms with Gasteiger partial charge < -0.3 is 20.3 Å². The Bertz CT molecular complexity index is 1070. The molecule has 1 aliphatic rings. The van der Waals surface area contributed by atoms with Crippen LogP contribution in [0.4, 0.5) is 33.1 Å². The Labute approximate surface area is 189 Å². The summed E-state index contributed by atoms with van der Waals surface area (Å²) in [6.07, 6.45) is 2.02. The lowest BCUT2D eigenvalue weighted by Crippen LogP contribution is -2.46. The maximum Gasteiger partial charge on any atom is 0.311 e. The maximum atomic E-state index is 14.4. The number of morpholine rings is 1. The van der Waals surface area contributed by atoms with Gasteiger partial charge in [-0.05, 0) is 48.0 Å². The average Bonchev–Trinajstić information content (AvgIpc) is 2.81. The van der Waals surface area contributed by atoms with Crippen molar-refractivity contribution in [2.45, 2.75) is 18.3 Å². The first kappa shape index (κ1) is 21.8. The molecule has 4 rings (SSSR count). The molecule has 0 amide bonds. The van der Waals surface area contributed by atoms with E-state index in [0.29, 0.717) is 36.9 Å². The second-order valence-corrected chi connectivity index (χ2v) is 7.54. The molecule has 2 unspecified atom stereocenters. The summed E-state index contributed by atoms with van der Waals surface area (Å²) in [7, 11) is 0. The van der Waals surface area contributed by atoms with E-state index in [9.17, 15) is 14.5 Å². The zero-order valence-electron chi connectivity index (χ0n) is 16.9. The summed E-state index contributed by atoms with van der Waals surface area (Å²) in [6, 6.07) is 13.6. The van der Waals surface area contributed by atoms with Crippen molar-refractivity contribution < 1.29 is 14.1 Å². The van der Waals surface area contributed by atoms with Gasteiger partial charge in [0, 0.05) is 42.9 Å². The first-order valence-corrected chi connectivity index (χ1v) is 10.4. The number of ether oxygens (including phenoxy) is 1. The molecule has 9 nitrogen and oxygen atoms in total. The number of nitro groups is 1. The molecule has 2 atom stereocenters. The smallest absolute Gasteiger partial charge is 0.311 e. The standard InChI is InChI=1S/C21H21FN6O3S/c22-19-21(32)31-12-11-27(19)16-3-1-15(2-4-16)25-20-17(28(29)30)5-6-18(26-20)24-13-14-7-9-23-10-8-14/h1-10,19,21,32H,11-13H2,(H2,24,25,26). The highest BCUT2D eigenvalue weighted by molar-refractivity contribution is 7.80. The molecule has 2 aromatic heterocycles. The molecule has 0 aliphatic carbocycles.